The van der Waals surface area contributed by atoms with Gasteiger partial charge in [0.05, 0.1) is 5.41 Å². The van der Waals surface area contributed by atoms with Crippen LogP contribution in [0.15, 0.2) is 168 Å². The Morgan fingerprint density at radius 1 is 0.381 bits per heavy atom. The van der Waals surface area contributed by atoms with Crippen LogP contribution in [0.3, 0.4) is 0 Å². The SMILES string of the molecule is c1ccc(C2(c3ccccc3)c3ccccc3-c3cccc(-c4cccc5c4-c4cccc6cccc(c46)S5)c32)cc1. The normalized spacial score (nSPS) is 13.8. The minimum absolute atomic E-state index is 0.445. The van der Waals surface area contributed by atoms with Crippen LogP contribution in [0, 0.1) is 0 Å². The Bertz CT molecular complexity index is 2110. The third kappa shape index (κ3) is 3.15. The Balaban J connectivity index is 1.43. The zero-order valence-corrected chi connectivity index (χ0v) is 23.7. The van der Waals surface area contributed by atoms with Gasteiger partial charge in [-0.2, -0.15) is 0 Å². The summed E-state index contributed by atoms with van der Waals surface area (Å²) >= 11 is 1.90. The van der Waals surface area contributed by atoms with Gasteiger partial charge in [0.15, 0.2) is 0 Å². The lowest BCUT2D eigenvalue weighted by Gasteiger charge is -2.35. The number of hydrogen-bond donors (Lipinski definition) is 0. The monoisotopic (exact) mass is 550 g/mol. The summed E-state index contributed by atoms with van der Waals surface area (Å²) in [5.74, 6) is 0. The van der Waals surface area contributed by atoms with Crippen LogP contribution in [-0.4, -0.2) is 0 Å². The molecule has 0 aromatic heterocycles. The molecule has 2 aliphatic rings. The highest BCUT2D eigenvalue weighted by atomic mass is 32.2. The van der Waals surface area contributed by atoms with Crippen molar-refractivity contribution < 1.29 is 0 Å². The predicted octanol–water partition coefficient (Wildman–Crippen LogP) is 11.0. The smallest absolute Gasteiger partial charge is 0.0719 e. The summed E-state index contributed by atoms with van der Waals surface area (Å²) in [5.41, 5.74) is 12.7. The third-order valence-corrected chi connectivity index (χ3v) is 10.3. The highest BCUT2D eigenvalue weighted by molar-refractivity contribution is 7.99. The van der Waals surface area contributed by atoms with E-state index in [-0.39, 0.29) is 0 Å². The van der Waals surface area contributed by atoms with Crippen LogP contribution >= 0.6 is 11.8 Å². The zero-order chi connectivity index (χ0) is 27.7. The second kappa shape index (κ2) is 9.08. The van der Waals surface area contributed by atoms with Gasteiger partial charge in [-0.25, -0.2) is 0 Å². The van der Waals surface area contributed by atoms with Gasteiger partial charge in [0.1, 0.15) is 0 Å². The maximum Gasteiger partial charge on any atom is 0.0719 e. The first-order chi connectivity index (χ1) is 20.9. The molecule has 0 atom stereocenters. The quantitative estimate of drug-likeness (QED) is 0.211. The average Bonchev–Trinajstić information content (AvgIpc) is 3.37. The number of benzene rings is 7. The van der Waals surface area contributed by atoms with Gasteiger partial charge in [0.25, 0.3) is 0 Å². The Kier molecular flexibility index (Phi) is 5.15. The Labute approximate surface area is 250 Å². The molecule has 0 amide bonds. The molecule has 196 valence electrons. The van der Waals surface area contributed by atoms with Gasteiger partial charge in [0.2, 0.25) is 0 Å². The van der Waals surface area contributed by atoms with E-state index in [1.807, 2.05) is 11.8 Å². The van der Waals surface area contributed by atoms with Crippen molar-refractivity contribution in [2.45, 2.75) is 15.2 Å². The fourth-order valence-electron chi connectivity index (χ4n) is 7.56. The summed E-state index contributed by atoms with van der Waals surface area (Å²) in [7, 11) is 0. The van der Waals surface area contributed by atoms with Gasteiger partial charge in [-0.3, -0.25) is 0 Å². The van der Waals surface area contributed by atoms with Gasteiger partial charge < -0.3 is 0 Å². The van der Waals surface area contributed by atoms with Crippen LogP contribution in [0.4, 0.5) is 0 Å². The van der Waals surface area contributed by atoms with E-state index >= 15 is 0 Å². The molecule has 0 saturated heterocycles. The number of hydrogen-bond acceptors (Lipinski definition) is 1. The van der Waals surface area contributed by atoms with Crippen LogP contribution in [-0.2, 0) is 5.41 Å². The lowest BCUT2D eigenvalue weighted by atomic mass is 9.66. The van der Waals surface area contributed by atoms with E-state index in [0.29, 0.717) is 0 Å². The van der Waals surface area contributed by atoms with Gasteiger partial charge in [0, 0.05) is 20.7 Å². The van der Waals surface area contributed by atoms with Crippen molar-refractivity contribution in [1.82, 2.24) is 0 Å². The van der Waals surface area contributed by atoms with E-state index in [1.165, 1.54) is 76.2 Å². The maximum atomic E-state index is 2.35. The highest BCUT2D eigenvalue weighted by Gasteiger charge is 2.47. The van der Waals surface area contributed by atoms with Crippen LogP contribution < -0.4 is 0 Å². The predicted molar refractivity (Wildman–Crippen MR) is 176 cm³/mol. The van der Waals surface area contributed by atoms with E-state index in [4.69, 9.17) is 0 Å². The van der Waals surface area contributed by atoms with Crippen LogP contribution in [0.5, 0.6) is 0 Å². The second-order valence-corrected chi connectivity index (χ2v) is 12.3. The van der Waals surface area contributed by atoms with Gasteiger partial charge in [-0.15, -0.1) is 0 Å². The number of fused-ring (bicyclic) bond motifs is 5. The molecule has 0 unspecified atom stereocenters. The van der Waals surface area contributed by atoms with Crippen molar-refractivity contribution in [3.8, 4) is 33.4 Å². The summed E-state index contributed by atoms with van der Waals surface area (Å²) in [6.07, 6.45) is 0. The molecule has 0 saturated carbocycles. The molecule has 42 heavy (non-hydrogen) atoms. The Morgan fingerprint density at radius 2 is 0.905 bits per heavy atom. The summed E-state index contributed by atoms with van der Waals surface area (Å²) in [6.45, 7) is 0. The van der Waals surface area contributed by atoms with E-state index in [0.717, 1.165) is 0 Å². The Hall–Kier alpha value is -4.85. The molecule has 1 heterocycles. The molecule has 0 radical (unpaired) electrons. The van der Waals surface area contributed by atoms with Crippen molar-refractivity contribution in [3.05, 3.63) is 180 Å². The summed E-state index contributed by atoms with van der Waals surface area (Å²) < 4.78 is 0. The van der Waals surface area contributed by atoms with Crippen molar-refractivity contribution in [1.29, 1.82) is 0 Å². The molecule has 0 nitrogen and oxygen atoms in total. The molecule has 0 spiro atoms. The van der Waals surface area contributed by atoms with Crippen LogP contribution in [0.1, 0.15) is 22.3 Å². The first-order valence-corrected chi connectivity index (χ1v) is 15.3. The summed E-state index contributed by atoms with van der Waals surface area (Å²) in [5, 5.41) is 2.66. The molecule has 9 rings (SSSR count). The van der Waals surface area contributed by atoms with Crippen molar-refractivity contribution in [2.24, 2.45) is 0 Å². The minimum Gasteiger partial charge on any atom is -0.0888 e. The van der Waals surface area contributed by atoms with E-state index < -0.39 is 5.41 Å². The van der Waals surface area contributed by atoms with E-state index in [9.17, 15) is 0 Å². The summed E-state index contributed by atoms with van der Waals surface area (Å²) in [4.78, 5) is 2.65. The second-order valence-electron chi connectivity index (χ2n) is 11.2. The summed E-state index contributed by atoms with van der Waals surface area (Å²) in [6, 6.07) is 58.5. The molecule has 1 heteroatoms. The molecular formula is C41H26S. The van der Waals surface area contributed by atoms with Crippen molar-refractivity contribution in [3.63, 3.8) is 0 Å². The van der Waals surface area contributed by atoms with Gasteiger partial charge >= 0.3 is 0 Å². The first-order valence-electron chi connectivity index (χ1n) is 14.5. The van der Waals surface area contributed by atoms with E-state index in [1.54, 1.807) is 0 Å². The molecule has 1 aliphatic heterocycles. The average molecular weight is 551 g/mol. The van der Waals surface area contributed by atoms with Crippen molar-refractivity contribution >= 4 is 22.5 Å². The topological polar surface area (TPSA) is 0 Å². The highest BCUT2D eigenvalue weighted by Crippen LogP contribution is 2.60. The fraction of sp³-hybridized carbons (Fsp3) is 0.0244. The third-order valence-electron chi connectivity index (χ3n) is 9.15. The lowest BCUT2D eigenvalue weighted by molar-refractivity contribution is 0.770. The molecule has 7 aromatic carbocycles. The lowest BCUT2D eigenvalue weighted by Crippen LogP contribution is -2.29. The van der Waals surface area contributed by atoms with Gasteiger partial charge in [-0.05, 0) is 67.6 Å². The zero-order valence-electron chi connectivity index (χ0n) is 22.9. The first kappa shape index (κ1) is 23.8. The van der Waals surface area contributed by atoms with E-state index in [2.05, 4.69) is 158 Å². The molecule has 0 fully saturated rings. The van der Waals surface area contributed by atoms with Crippen LogP contribution in [0.25, 0.3) is 44.2 Å². The molecule has 1 aliphatic carbocycles. The molecule has 7 aromatic rings. The van der Waals surface area contributed by atoms with Gasteiger partial charge in [-0.1, -0.05) is 157 Å². The molecule has 0 N–H and O–H groups in total. The molecule has 0 bridgehead atoms. The molecular weight excluding hydrogens is 525 g/mol. The largest absolute Gasteiger partial charge is 0.0888 e. The number of rotatable bonds is 3. The standard InChI is InChI=1S/C41H26S/c1-3-15-28(16-4-1)41(29-17-5-2-6-18-29)35-24-8-7-19-30(35)32-21-11-22-33(40(32)41)31-20-12-26-37-39(31)34-23-9-13-27-14-10-25-36(42-37)38(27)34/h1-26H. The van der Waals surface area contributed by atoms with Crippen molar-refractivity contribution in [2.75, 3.05) is 0 Å². The van der Waals surface area contributed by atoms with Crippen LogP contribution in [0.2, 0.25) is 0 Å². The Morgan fingerprint density at radius 3 is 1.67 bits per heavy atom. The maximum absolute atomic E-state index is 2.35. The minimum atomic E-state index is -0.445. The fourth-order valence-corrected chi connectivity index (χ4v) is 8.75.